The first-order valence-electron chi connectivity index (χ1n) is 18.6. The SMILES string of the molecule is CCC12C[C@@H]3[C@](C)([C@@H](OC(C)=O)c4ccoc4)[C@@H](OC(=O)C(C)C)[C@@H](OC(C)=O)[C@@]4(O)[C@]3(O1)[C@H](O2)[C@@]1(OC(C)=O)[C@@H](O)[C@@]2(C)C[C@@]1(O)[C@]41COC(=O)C[C@@H]21. The molecule has 3 aliphatic heterocycles. The van der Waals surface area contributed by atoms with E-state index in [9.17, 15) is 39.3 Å². The molecule has 0 aromatic carbocycles. The number of aliphatic hydroxyl groups is 3. The highest BCUT2D eigenvalue weighted by molar-refractivity contribution is 5.75. The highest BCUT2D eigenvalue weighted by atomic mass is 16.8. The summed E-state index contributed by atoms with van der Waals surface area (Å²) in [7, 11) is 0. The topological polar surface area (TPSA) is 224 Å². The van der Waals surface area contributed by atoms with Crippen molar-refractivity contribution >= 4 is 29.8 Å². The molecule has 7 fully saturated rings. The number of carbonyl (C=O) groups is 5. The van der Waals surface area contributed by atoms with Crippen molar-refractivity contribution < 1.29 is 76.9 Å². The maximum Gasteiger partial charge on any atom is 0.308 e. The van der Waals surface area contributed by atoms with Gasteiger partial charge in [0.15, 0.2) is 23.6 Å². The number of rotatable bonds is 8. The Labute approximate surface area is 311 Å². The Morgan fingerprint density at radius 3 is 2.28 bits per heavy atom. The zero-order valence-corrected chi connectivity index (χ0v) is 31.5. The first kappa shape index (κ1) is 37.4. The van der Waals surface area contributed by atoms with Crippen LogP contribution >= 0.6 is 0 Å². The first-order valence-corrected chi connectivity index (χ1v) is 18.6. The third kappa shape index (κ3) is 3.80. The fraction of sp³-hybridized carbons (Fsp3) is 0.763. The van der Waals surface area contributed by atoms with E-state index in [1.54, 1.807) is 40.7 Å². The molecule has 8 rings (SSSR count). The molecule has 3 saturated heterocycles. The smallest absolute Gasteiger partial charge is 0.308 e. The molecule has 16 heteroatoms. The molecule has 3 N–H and O–H groups in total. The van der Waals surface area contributed by atoms with Crippen LogP contribution in [0.25, 0.3) is 0 Å². The summed E-state index contributed by atoms with van der Waals surface area (Å²) in [5.41, 5.74) is -14.6. The number of ether oxygens (including phenoxy) is 7. The van der Waals surface area contributed by atoms with E-state index in [1.807, 2.05) is 0 Å². The van der Waals surface area contributed by atoms with E-state index in [0.717, 1.165) is 13.8 Å². The zero-order valence-electron chi connectivity index (χ0n) is 31.5. The minimum atomic E-state index is -2.69. The third-order valence-electron chi connectivity index (χ3n) is 14.7. The maximum absolute atomic E-state index is 14.4. The van der Waals surface area contributed by atoms with E-state index < -0.39 is 136 Å². The lowest BCUT2D eigenvalue weighted by atomic mass is 9.32. The molecule has 4 bridgehead atoms. The monoisotopic (exact) mass is 760 g/mol. The average molecular weight is 761 g/mol. The van der Waals surface area contributed by atoms with E-state index in [-0.39, 0.29) is 19.3 Å². The molecular formula is C38H48O16. The summed E-state index contributed by atoms with van der Waals surface area (Å²) in [6, 6.07) is 1.56. The lowest BCUT2D eigenvalue weighted by Gasteiger charge is -2.77. The fourth-order valence-electron chi connectivity index (χ4n) is 12.9. The highest BCUT2D eigenvalue weighted by Crippen LogP contribution is 2.87. The molecule has 1 aromatic heterocycles. The minimum absolute atomic E-state index is 0.0422. The van der Waals surface area contributed by atoms with Gasteiger partial charge in [-0.05, 0) is 24.8 Å². The third-order valence-corrected chi connectivity index (χ3v) is 14.7. The van der Waals surface area contributed by atoms with E-state index in [2.05, 4.69) is 0 Å². The van der Waals surface area contributed by atoms with Gasteiger partial charge in [0, 0.05) is 50.5 Å². The van der Waals surface area contributed by atoms with Crippen molar-refractivity contribution in [2.45, 2.75) is 140 Å². The van der Waals surface area contributed by atoms with Gasteiger partial charge in [0.05, 0.1) is 29.3 Å². The van der Waals surface area contributed by atoms with Gasteiger partial charge in [-0.15, -0.1) is 0 Å². The summed E-state index contributed by atoms with van der Waals surface area (Å²) in [5.74, 6) is -8.51. The van der Waals surface area contributed by atoms with Crippen LogP contribution in [0.1, 0.15) is 92.7 Å². The molecule has 1 aromatic rings. The summed E-state index contributed by atoms with van der Waals surface area (Å²) >= 11 is 0. The van der Waals surface area contributed by atoms with Crippen LogP contribution in [0.2, 0.25) is 0 Å². The van der Waals surface area contributed by atoms with Crippen LogP contribution in [-0.4, -0.2) is 104 Å². The maximum atomic E-state index is 14.4. The number of aliphatic hydroxyl groups excluding tert-OH is 1. The van der Waals surface area contributed by atoms with E-state index in [0.29, 0.717) is 5.56 Å². The van der Waals surface area contributed by atoms with Crippen LogP contribution < -0.4 is 0 Å². The van der Waals surface area contributed by atoms with Crippen LogP contribution in [0, 0.1) is 34.0 Å². The number of hydrogen-bond donors (Lipinski definition) is 3. The second-order valence-corrected chi connectivity index (χ2v) is 17.4. The Hall–Kier alpha value is -3.57. The number of hydrogen-bond acceptors (Lipinski definition) is 16. The van der Waals surface area contributed by atoms with Gasteiger partial charge in [0.1, 0.15) is 41.7 Å². The molecule has 54 heavy (non-hydrogen) atoms. The van der Waals surface area contributed by atoms with Gasteiger partial charge in [-0.25, -0.2) is 0 Å². The molecule has 7 aliphatic rings. The molecule has 0 amide bonds. The zero-order chi connectivity index (χ0) is 39.4. The van der Waals surface area contributed by atoms with Crippen molar-refractivity contribution in [3.05, 3.63) is 24.2 Å². The summed E-state index contributed by atoms with van der Waals surface area (Å²) < 4.78 is 50.2. The predicted octanol–water partition coefficient (Wildman–Crippen LogP) is 1.80. The van der Waals surface area contributed by atoms with Gasteiger partial charge in [0.25, 0.3) is 0 Å². The van der Waals surface area contributed by atoms with Gasteiger partial charge in [0.2, 0.25) is 0 Å². The second kappa shape index (κ2) is 11.1. The first-order chi connectivity index (χ1) is 25.1. The quantitative estimate of drug-likeness (QED) is 0.254. The summed E-state index contributed by atoms with van der Waals surface area (Å²) in [5, 5.41) is 40.7. The van der Waals surface area contributed by atoms with Crippen LogP contribution in [0.4, 0.5) is 0 Å². The van der Waals surface area contributed by atoms with Crippen molar-refractivity contribution in [3.63, 3.8) is 0 Å². The highest BCUT2D eigenvalue weighted by Gasteiger charge is 3.04. The van der Waals surface area contributed by atoms with Crippen molar-refractivity contribution in [1.29, 1.82) is 0 Å². The Balaban J connectivity index is 1.54. The van der Waals surface area contributed by atoms with Gasteiger partial charge < -0.3 is 52.9 Å². The van der Waals surface area contributed by atoms with Crippen molar-refractivity contribution in [1.82, 2.24) is 0 Å². The van der Waals surface area contributed by atoms with E-state index in [1.165, 1.54) is 19.5 Å². The molecule has 296 valence electrons. The fourth-order valence-corrected chi connectivity index (χ4v) is 12.9. The number of cyclic esters (lactones) is 1. The molecule has 4 aliphatic carbocycles. The largest absolute Gasteiger partial charge is 0.472 e. The molecule has 2 spiro atoms. The average Bonchev–Trinajstić information content (AvgIpc) is 3.89. The Bertz CT molecular complexity index is 1830. The van der Waals surface area contributed by atoms with Crippen molar-refractivity contribution in [2.24, 2.45) is 34.0 Å². The Kier molecular flexibility index (Phi) is 7.64. The lowest BCUT2D eigenvalue weighted by molar-refractivity contribution is -0.450. The normalized spacial score (nSPS) is 49.4. The molecule has 15 atom stereocenters. The second-order valence-electron chi connectivity index (χ2n) is 17.4. The number of carbonyl (C=O) groups excluding carboxylic acids is 5. The van der Waals surface area contributed by atoms with Crippen LogP contribution in [0.5, 0.6) is 0 Å². The standard InChI is InChI=1S/C38H48O16/c1-9-33-13-23-32(8,25(49-18(4)39)21-10-11-47-14-21)26(51-28(43)17(2)3)27(50-19(5)40)38(46)34-16-48-24(42)12-22(34)31(7)15-35(34,45)37(29(31)44,52-20(6)41)30(53-33)36(23,38)54-33/h10-11,14,17,22-23,25-27,29-30,44-46H,9,12-13,15-16H2,1-8H3/t22-,23+,25-,26-,27+,29-,30-,31-,32+,33?,34+,35+,36+,37-,38-/m0/s1. The summed E-state index contributed by atoms with van der Waals surface area (Å²) in [6.45, 7) is 11.0. The minimum Gasteiger partial charge on any atom is -0.472 e. The van der Waals surface area contributed by atoms with Crippen LogP contribution in [-0.2, 0) is 57.1 Å². The molecule has 0 radical (unpaired) electrons. The van der Waals surface area contributed by atoms with Crippen LogP contribution in [0.3, 0.4) is 0 Å². The van der Waals surface area contributed by atoms with Crippen molar-refractivity contribution in [3.8, 4) is 0 Å². The van der Waals surface area contributed by atoms with Gasteiger partial charge in [-0.3, -0.25) is 24.0 Å². The molecule has 4 saturated carbocycles. The number of esters is 5. The number of fused-ring (bicyclic) bond motifs is 4. The Morgan fingerprint density at radius 2 is 1.70 bits per heavy atom. The van der Waals surface area contributed by atoms with Crippen molar-refractivity contribution in [2.75, 3.05) is 6.61 Å². The van der Waals surface area contributed by atoms with Gasteiger partial charge in [-0.2, -0.15) is 0 Å². The van der Waals surface area contributed by atoms with Gasteiger partial charge in [-0.1, -0.05) is 34.6 Å². The van der Waals surface area contributed by atoms with E-state index in [4.69, 9.17) is 37.6 Å². The molecule has 1 unspecified atom stereocenters. The van der Waals surface area contributed by atoms with Crippen LogP contribution in [0.15, 0.2) is 23.0 Å². The van der Waals surface area contributed by atoms with E-state index >= 15 is 0 Å². The summed E-state index contributed by atoms with van der Waals surface area (Å²) in [6.07, 6.45) is -6.19. The predicted molar refractivity (Wildman–Crippen MR) is 176 cm³/mol. The molecule has 16 nitrogen and oxygen atoms in total. The Morgan fingerprint density at radius 1 is 1.00 bits per heavy atom. The van der Waals surface area contributed by atoms with Gasteiger partial charge >= 0.3 is 29.8 Å². The number of furan rings is 1. The summed E-state index contributed by atoms with van der Waals surface area (Å²) in [4.78, 5) is 67.0. The molecular weight excluding hydrogens is 712 g/mol. The lowest BCUT2D eigenvalue weighted by Crippen LogP contribution is -2.98. The molecule has 4 heterocycles.